The van der Waals surface area contributed by atoms with Gasteiger partial charge in [-0.1, -0.05) is 6.07 Å². The Morgan fingerprint density at radius 2 is 1.74 bits per heavy atom. The Kier molecular flexibility index (Phi) is 6.13. The molecule has 2 fully saturated rings. The van der Waals surface area contributed by atoms with Crippen molar-refractivity contribution in [3.8, 4) is 0 Å². The highest BCUT2D eigenvalue weighted by Crippen LogP contribution is 2.38. The summed E-state index contributed by atoms with van der Waals surface area (Å²) in [6.07, 6.45) is 0.642. The molecule has 5 rings (SSSR count). The van der Waals surface area contributed by atoms with Crippen LogP contribution in [0, 0.1) is 11.6 Å². The minimum atomic E-state index is -1.64. The number of rotatable bonds is 4. The molecule has 12 heteroatoms. The van der Waals surface area contributed by atoms with E-state index in [-0.39, 0.29) is 23.6 Å². The fourth-order valence-electron chi connectivity index (χ4n) is 5.38. The van der Waals surface area contributed by atoms with Crippen molar-refractivity contribution in [1.82, 2.24) is 15.1 Å². The molecule has 2 aromatic rings. The minimum absolute atomic E-state index is 0.0792. The number of imide groups is 1. The van der Waals surface area contributed by atoms with Crippen LogP contribution in [0.5, 0.6) is 0 Å². The zero-order valence-corrected chi connectivity index (χ0v) is 21.8. The van der Waals surface area contributed by atoms with Crippen LogP contribution in [0.4, 0.5) is 19.3 Å². The van der Waals surface area contributed by atoms with Crippen molar-refractivity contribution >= 4 is 40.2 Å². The fraction of sp³-hybridized carbons (Fsp3) is 0.385. The zero-order valence-electron chi connectivity index (χ0n) is 21.0. The summed E-state index contributed by atoms with van der Waals surface area (Å²) in [4.78, 5) is 53.5. The SMILES string of the molecule is CN1C(=O)NC(=O)C12Cc1ccc(NC(=O)CN3C(=O)C(C)(C)S(=O)C[C@@H]3c3cc(F)cc(F)c3)cc1C2. The number of carbonyl (C=O) groups is 4. The van der Waals surface area contributed by atoms with Crippen LogP contribution in [0.3, 0.4) is 0 Å². The second-order valence-corrected chi connectivity index (χ2v) is 12.5. The fourth-order valence-corrected chi connectivity index (χ4v) is 6.77. The molecule has 1 aliphatic carbocycles. The Bertz CT molecular complexity index is 1410. The van der Waals surface area contributed by atoms with Crippen LogP contribution in [0.25, 0.3) is 0 Å². The molecule has 3 aliphatic rings. The van der Waals surface area contributed by atoms with Gasteiger partial charge in [-0.2, -0.15) is 0 Å². The number of nitrogens with zero attached hydrogens (tertiary/aromatic N) is 2. The van der Waals surface area contributed by atoms with Gasteiger partial charge in [-0.3, -0.25) is 23.9 Å². The molecule has 38 heavy (non-hydrogen) atoms. The number of nitrogens with one attached hydrogen (secondary N) is 2. The van der Waals surface area contributed by atoms with E-state index < -0.39 is 63.2 Å². The van der Waals surface area contributed by atoms with E-state index in [2.05, 4.69) is 10.6 Å². The first-order chi connectivity index (χ1) is 17.8. The summed E-state index contributed by atoms with van der Waals surface area (Å²) in [6.45, 7) is 2.59. The van der Waals surface area contributed by atoms with Crippen molar-refractivity contribution in [3.63, 3.8) is 0 Å². The molecule has 2 N–H and O–H groups in total. The lowest BCUT2D eigenvalue weighted by Crippen LogP contribution is -2.57. The zero-order chi connectivity index (χ0) is 27.6. The Hall–Kier alpha value is -3.67. The van der Waals surface area contributed by atoms with Crippen LogP contribution >= 0.6 is 0 Å². The molecule has 0 radical (unpaired) electrons. The van der Waals surface area contributed by atoms with Gasteiger partial charge < -0.3 is 15.1 Å². The number of hydrogen-bond acceptors (Lipinski definition) is 5. The smallest absolute Gasteiger partial charge is 0.324 e. The highest BCUT2D eigenvalue weighted by atomic mass is 32.2. The second-order valence-electron chi connectivity index (χ2n) is 10.4. The van der Waals surface area contributed by atoms with Gasteiger partial charge in [0.1, 0.15) is 28.5 Å². The molecule has 0 saturated carbocycles. The molecule has 2 unspecified atom stereocenters. The van der Waals surface area contributed by atoms with Crippen LogP contribution in [0.2, 0.25) is 0 Å². The molecule has 2 aliphatic heterocycles. The monoisotopic (exact) mass is 544 g/mol. The molecular formula is C26H26F2N4O5S. The highest BCUT2D eigenvalue weighted by molar-refractivity contribution is 7.87. The average molecular weight is 545 g/mol. The molecular weight excluding hydrogens is 518 g/mol. The summed E-state index contributed by atoms with van der Waals surface area (Å²) >= 11 is 0. The van der Waals surface area contributed by atoms with Crippen molar-refractivity contribution in [2.24, 2.45) is 0 Å². The van der Waals surface area contributed by atoms with Gasteiger partial charge in [0.05, 0.1) is 6.04 Å². The average Bonchev–Trinajstić information content (AvgIpc) is 3.31. The van der Waals surface area contributed by atoms with E-state index in [4.69, 9.17) is 0 Å². The topological polar surface area (TPSA) is 116 Å². The Labute approximate surface area is 220 Å². The number of amides is 5. The van der Waals surface area contributed by atoms with E-state index in [1.165, 1.54) is 23.6 Å². The number of halogens is 2. The van der Waals surface area contributed by atoms with Crippen molar-refractivity contribution in [1.29, 1.82) is 0 Å². The van der Waals surface area contributed by atoms with Crippen LogP contribution in [-0.4, -0.2) is 67.4 Å². The van der Waals surface area contributed by atoms with Crippen molar-refractivity contribution < 1.29 is 32.2 Å². The molecule has 2 heterocycles. The summed E-state index contributed by atoms with van der Waals surface area (Å²) < 4.78 is 39.4. The van der Waals surface area contributed by atoms with Crippen LogP contribution in [-0.2, 0) is 38.0 Å². The number of fused-ring (bicyclic) bond motifs is 1. The number of benzene rings is 2. The van der Waals surface area contributed by atoms with Gasteiger partial charge in [-0.05, 0) is 54.8 Å². The summed E-state index contributed by atoms with van der Waals surface area (Å²) in [5.41, 5.74) is 1.22. The third-order valence-corrected chi connectivity index (χ3v) is 9.59. The van der Waals surface area contributed by atoms with Crippen LogP contribution in [0.1, 0.15) is 36.6 Å². The first-order valence-electron chi connectivity index (χ1n) is 12.0. The molecule has 3 atom stereocenters. The lowest BCUT2D eigenvalue weighted by Gasteiger charge is -2.42. The lowest BCUT2D eigenvalue weighted by molar-refractivity contribution is -0.139. The maximum Gasteiger partial charge on any atom is 0.324 e. The van der Waals surface area contributed by atoms with Gasteiger partial charge in [0.2, 0.25) is 11.8 Å². The minimum Gasteiger partial charge on any atom is -0.325 e. The molecule has 0 bridgehead atoms. The van der Waals surface area contributed by atoms with Crippen molar-refractivity contribution in [3.05, 3.63) is 64.7 Å². The van der Waals surface area contributed by atoms with Crippen molar-refractivity contribution in [2.75, 3.05) is 24.7 Å². The summed E-state index contributed by atoms with van der Waals surface area (Å²) in [7, 11) is -0.0699. The Morgan fingerprint density at radius 3 is 2.37 bits per heavy atom. The molecule has 5 amide bonds. The van der Waals surface area contributed by atoms with E-state index >= 15 is 0 Å². The Morgan fingerprint density at radius 1 is 1.08 bits per heavy atom. The predicted molar refractivity (Wildman–Crippen MR) is 134 cm³/mol. The third-order valence-electron chi connectivity index (χ3n) is 7.66. The number of hydrogen-bond donors (Lipinski definition) is 2. The molecule has 2 saturated heterocycles. The maximum absolute atomic E-state index is 14.0. The van der Waals surface area contributed by atoms with Gasteiger partial charge in [-0.15, -0.1) is 0 Å². The largest absolute Gasteiger partial charge is 0.325 e. The number of anilines is 1. The summed E-state index contributed by atoms with van der Waals surface area (Å²) in [5.74, 6) is -3.25. The van der Waals surface area contributed by atoms with Crippen LogP contribution < -0.4 is 10.6 Å². The van der Waals surface area contributed by atoms with E-state index in [1.54, 1.807) is 25.2 Å². The first kappa shape index (κ1) is 26.0. The normalized spacial score (nSPS) is 26.1. The molecule has 0 aromatic heterocycles. The number of urea groups is 1. The first-order valence-corrected chi connectivity index (χ1v) is 13.3. The second kappa shape index (κ2) is 8.97. The predicted octanol–water partition coefficient (Wildman–Crippen LogP) is 2.03. The standard InChI is InChI=1S/C26H26F2N4O5S/c1-25(2)23(35)32(20(13-38(25)37)15-6-17(27)9-18(28)7-15)12-21(33)29-19-5-4-14-10-26(11-16(14)8-19)22(34)30-24(36)31(26)3/h4-9,20H,10-13H2,1-3H3,(H,29,33)(H,30,34,36)/t20-,26?,38?/m1/s1. The summed E-state index contributed by atoms with van der Waals surface area (Å²) in [5, 5.41) is 5.08. The Balaban J connectivity index is 1.36. The molecule has 9 nitrogen and oxygen atoms in total. The highest BCUT2D eigenvalue weighted by Gasteiger charge is 2.54. The lowest BCUT2D eigenvalue weighted by atomic mass is 9.95. The summed E-state index contributed by atoms with van der Waals surface area (Å²) in [6, 6.07) is 6.59. The number of carbonyl (C=O) groups excluding carboxylic acids is 4. The quantitative estimate of drug-likeness (QED) is 0.572. The van der Waals surface area contributed by atoms with E-state index in [1.807, 2.05) is 0 Å². The maximum atomic E-state index is 14.0. The van der Waals surface area contributed by atoms with E-state index in [9.17, 15) is 32.2 Å². The van der Waals surface area contributed by atoms with Gasteiger partial charge in [0.15, 0.2) is 0 Å². The van der Waals surface area contributed by atoms with E-state index in [0.717, 1.165) is 23.3 Å². The molecule has 2 aromatic carbocycles. The van der Waals surface area contributed by atoms with E-state index in [0.29, 0.717) is 18.2 Å². The van der Waals surface area contributed by atoms with Crippen molar-refractivity contribution in [2.45, 2.75) is 43.0 Å². The van der Waals surface area contributed by atoms with Gasteiger partial charge in [-0.25, -0.2) is 13.6 Å². The number of likely N-dealkylation sites (N-methyl/N-ethyl adjacent to an activating group) is 1. The van der Waals surface area contributed by atoms with Gasteiger partial charge in [0.25, 0.3) is 5.91 Å². The molecule has 200 valence electrons. The van der Waals surface area contributed by atoms with Crippen LogP contribution in [0.15, 0.2) is 36.4 Å². The van der Waals surface area contributed by atoms with Gasteiger partial charge >= 0.3 is 6.03 Å². The molecule has 1 spiro atoms. The third kappa shape index (κ3) is 4.16. The van der Waals surface area contributed by atoms with Gasteiger partial charge in [0, 0.05) is 48.2 Å².